The third-order valence-corrected chi connectivity index (χ3v) is 3.12. The van der Waals surface area contributed by atoms with Crippen LogP contribution in [0.25, 0.3) is 0 Å². The minimum atomic E-state index is -0.256. The molecule has 0 amide bonds. The molecule has 114 valence electrons. The van der Waals surface area contributed by atoms with E-state index < -0.39 is 0 Å². The molecule has 1 aliphatic rings. The van der Waals surface area contributed by atoms with Crippen molar-refractivity contribution in [3.8, 4) is 0 Å². The second kappa shape index (κ2) is 6.14. The Morgan fingerprint density at radius 3 is 3.10 bits per heavy atom. The van der Waals surface area contributed by atoms with Crippen LogP contribution in [0.15, 0.2) is 4.52 Å². The molecule has 21 heavy (non-hydrogen) atoms. The van der Waals surface area contributed by atoms with E-state index in [1.807, 2.05) is 4.90 Å². The van der Waals surface area contributed by atoms with E-state index >= 15 is 0 Å². The maximum atomic E-state index is 5.70. The van der Waals surface area contributed by atoms with E-state index in [4.69, 9.17) is 14.0 Å². The van der Waals surface area contributed by atoms with Gasteiger partial charge in [0.25, 0.3) is 5.95 Å². The van der Waals surface area contributed by atoms with Crippen LogP contribution in [0, 0.1) is 6.92 Å². The van der Waals surface area contributed by atoms with Crippen LogP contribution in [0.4, 0.5) is 5.95 Å². The van der Waals surface area contributed by atoms with Crippen molar-refractivity contribution in [2.24, 2.45) is 0 Å². The Morgan fingerprint density at radius 1 is 1.43 bits per heavy atom. The molecular formula is C11H17N7O3. The molecule has 0 spiro atoms. The minimum Gasteiger partial charge on any atom is -0.383 e. The SMILES string of the molecule is COCCn1nnc(C2CN(c3noc(C)n3)CCO2)n1. The number of nitrogens with zero attached hydrogens (tertiary/aromatic N) is 7. The molecule has 1 saturated heterocycles. The van der Waals surface area contributed by atoms with Gasteiger partial charge >= 0.3 is 0 Å². The summed E-state index contributed by atoms with van der Waals surface area (Å²) in [5, 5.41) is 16.2. The Balaban J connectivity index is 1.66. The van der Waals surface area contributed by atoms with Gasteiger partial charge in [-0.15, -0.1) is 10.2 Å². The largest absolute Gasteiger partial charge is 0.383 e. The van der Waals surface area contributed by atoms with E-state index in [-0.39, 0.29) is 6.10 Å². The highest BCUT2D eigenvalue weighted by Gasteiger charge is 2.28. The predicted molar refractivity (Wildman–Crippen MR) is 69.6 cm³/mol. The lowest BCUT2D eigenvalue weighted by atomic mass is 10.2. The van der Waals surface area contributed by atoms with Crippen molar-refractivity contribution in [3.05, 3.63) is 11.7 Å². The highest BCUT2D eigenvalue weighted by molar-refractivity contribution is 5.28. The number of aromatic nitrogens is 6. The van der Waals surface area contributed by atoms with Gasteiger partial charge in [-0.3, -0.25) is 0 Å². The number of tetrazole rings is 1. The maximum absolute atomic E-state index is 5.70. The highest BCUT2D eigenvalue weighted by atomic mass is 16.5. The Morgan fingerprint density at radius 2 is 2.33 bits per heavy atom. The van der Waals surface area contributed by atoms with E-state index in [0.29, 0.717) is 50.5 Å². The summed E-state index contributed by atoms with van der Waals surface area (Å²) < 4.78 is 15.7. The minimum absolute atomic E-state index is 0.256. The van der Waals surface area contributed by atoms with E-state index in [1.165, 1.54) is 4.80 Å². The molecule has 3 rings (SSSR count). The van der Waals surface area contributed by atoms with Crippen molar-refractivity contribution in [1.82, 2.24) is 30.3 Å². The van der Waals surface area contributed by atoms with E-state index in [2.05, 4.69) is 25.6 Å². The molecule has 10 nitrogen and oxygen atoms in total. The first kappa shape index (κ1) is 13.9. The number of aryl methyl sites for hydroxylation is 1. The van der Waals surface area contributed by atoms with Crippen molar-refractivity contribution < 1.29 is 14.0 Å². The molecule has 3 heterocycles. The zero-order valence-corrected chi connectivity index (χ0v) is 12.0. The Kier molecular flexibility index (Phi) is 4.06. The number of rotatable bonds is 5. The summed E-state index contributed by atoms with van der Waals surface area (Å²) in [4.78, 5) is 7.71. The highest BCUT2D eigenvalue weighted by Crippen LogP contribution is 2.21. The van der Waals surface area contributed by atoms with Gasteiger partial charge in [0.05, 0.1) is 26.3 Å². The van der Waals surface area contributed by atoms with Crippen LogP contribution in [0.5, 0.6) is 0 Å². The second-order valence-corrected chi connectivity index (χ2v) is 4.66. The lowest BCUT2D eigenvalue weighted by Gasteiger charge is -2.30. The topological polar surface area (TPSA) is 104 Å². The van der Waals surface area contributed by atoms with Gasteiger partial charge in [0.1, 0.15) is 6.10 Å². The van der Waals surface area contributed by atoms with E-state index in [0.717, 1.165) is 0 Å². The molecule has 1 aliphatic heterocycles. The summed E-state index contributed by atoms with van der Waals surface area (Å²) in [6.07, 6.45) is -0.256. The lowest BCUT2D eigenvalue weighted by molar-refractivity contribution is 0.0330. The Hall–Kier alpha value is -2.07. The second-order valence-electron chi connectivity index (χ2n) is 4.66. The average Bonchev–Trinajstić information content (AvgIpc) is 3.14. The van der Waals surface area contributed by atoms with Crippen LogP contribution in [0.1, 0.15) is 17.8 Å². The molecule has 2 aromatic heterocycles. The lowest BCUT2D eigenvalue weighted by Crippen LogP contribution is -2.39. The fourth-order valence-electron chi connectivity index (χ4n) is 2.06. The zero-order chi connectivity index (χ0) is 14.7. The fourth-order valence-corrected chi connectivity index (χ4v) is 2.06. The monoisotopic (exact) mass is 295 g/mol. The van der Waals surface area contributed by atoms with Gasteiger partial charge in [-0.25, -0.2) is 0 Å². The molecule has 1 unspecified atom stereocenters. The Bertz CT molecular complexity index is 584. The normalized spacial score (nSPS) is 19.1. The Labute approximate surface area is 121 Å². The average molecular weight is 295 g/mol. The van der Waals surface area contributed by atoms with Crippen LogP contribution in [0.2, 0.25) is 0 Å². The summed E-state index contributed by atoms with van der Waals surface area (Å²) in [6.45, 7) is 4.67. The number of anilines is 1. The van der Waals surface area contributed by atoms with Crippen molar-refractivity contribution in [1.29, 1.82) is 0 Å². The molecule has 0 saturated carbocycles. The van der Waals surface area contributed by atoms with Gasteiger partial charge in [0.15, 0.2) is 0 Å². The number of ether oxygens (including phenoxy) is 2. The quantitative estimate of drug-likeness (QED) is 0.727. The maximum Gasteiger partial charge on any atom is 0.266 e. The van der Waals surface area contributed by atoms with Crippen LogP contribution in [-0.4, -0.2) is 63.8 Å². The molecule has 1 atom stereocenters. The van der Waals surface area contributed by atoms with E-state index in [1.54, 1.807) is 14.0 Å². The molecule has 2 aromatic rings. The van der Waals surface area contributed by atoms with Gasteiger partial charge in [-0.2, -0.15) is 9.78 Å². The number of morpholine rings is 1. The van der Waals surface area contributed by atoms with Crippen molar-refractivity contribution in [2.45, 2.75) is 19.6 Å². The third-order valence-electron chi connectivity index (χ3n) is 3.12. The van der Waals surface area contributed by atoms with Gasteiger partial charge in [0.2, 0.25) is 11.7 Å². The molecule has 0 aromatic carbocycles. The van der Waals surface area contributed by atoms with E-state index in [9.17, 15) is 0 Å². The smallest absolute Gasteiger partial charge is 0.266 e. The summed E-state index contributed by atoms with van der Waals surface area (Å²) in [5.74, 6) is 1.65. The summed E-state index contributed by atoms with van der Waals surface area (Å²) >= 11 is 0. The first-order chi connectivity index (χ1) is 10.3. The summed E-state index contributed by atoms with van der Waals surface area (Å²) in [7, 11) is 1.63. The van der Waals surface area contributed by atoms with Crippen LogP contribution >= 0.6 is 0 Å². The third kappa shape index (κ3) is 3.16. The van der Waals surface area contributed by atoms with Crippen LogP contribution < -0.4 is 4.90 Å². The van der Waals surface area contributed by atoms with Gasteiger partial charge < -0.3 is 18.9 Å². The molecular weight excluding hydrogens is 278 g/mol. The zero-order valence-electron chi connectivity index (χ0n) is 12.0. The molecule has 10 heteroatoms. The summed E-state index contributed by atoms with van der Waals surface area (Å²) in [6, 6.07) is 0. The van der Waals surface area contributed by atoms with Gasteiger partial charge in [-0.05, 0) is 10.4 Å². The molecule has 0 aliphatic carbocycles. The van der Waals surface area contributed by atoms with Crippen molar-refractivity contribution in [3.63, 3.8) is 0 Å². The number of methoxy groups -OCH3 is 1. The number of hydrogen-bond donors (Lipinski definition) is 0. The molecule has 0 N–H and O–H groups in total. The molecule has 1 fully saturated rings. The fraction of sp³-hybridized carbons (Fsp3) is 0.727. The number of hydrogen-bond acceptors (Lipinski definition) is 9. The predicted octanol–water partition coefficient (Wildman–Crippen LogP) is -0.411. The first-order valence-electron chi connectivity index (χ1n) is 6.70. The van der Waals surface area contributed by atoms with Crippen molar-refractivity contribution in [2.75, 3.05) is 38.3 Å². The first-order valence-corrected chi connectivity index (χ1v) is 6.70. The van der Waals surface area contributed by atoms with Crippen LogP contribution in [0.3, 0.4) is 0 Å². The standard InChI is InChI=1S/C11H17N7O3/c1-8-12-11(15-21-8)17-3-6-20-9(7-17)10-13-16-18(14-10)4-5-19-2/h9H,3-7H2,1-2H3. The molecule has 0 bridgehead atoms. The van der Waals surface area contributed by atoms with Gasteiger partial charge in [0, 0.05) is 20.6 Å². The van der Waals surface area contributed by atoms with Crippen molar-refractivity contribution >= 4 is 5.95 Å². The summed E-state index contributed by atoms with van der Waals surface area (Å²) in [5.41, 5.74) is 0. The van der Waals surface area contributed by atoms with Gasteiger partial charge in [-0.1, -0.05) is 0 Å². The van der Waals surface area contributed by atoms with Crippen LogP contribution in [-0.2, 0) is 16.0 Å². The molecule has 0 radical (unpaired) electrons.